The van der Waals surface area contributed by atoms with E-state index in [2.05, 4.69) is 4.74 Å². The number of methoxy groups -OCH3 is 1. The fourth-order valence-corrected chi connectivity index (χ4v) is 2.89. The van der Waals surface area contributed by atoms with Crippen LogP contribution in [0.1, 0.15) is 19.3 Å². The Labute approximate surface area is 80.6 Å². The summed E-state index contributed by atoms with van der Waals surface area (Å²) in [5, 5.41) is 0. The summed E-state index contributed by atoms with van der Waals surface area (Å²) in [4.78, 5) is 11.1. The molecule has 1 unspecified atom stereocenters. The van der Waals surface area contributed by atoms with Gasteiger partial charge in [0.05, 0.1) is 7.11 Å². The number of carbonyl (C=O) groups excluding carboxylic acids is 1. The molecular weight excluding hydrogens is 192 g/mol. The van der Waals surface area contributed by atoms with E-state index in [4.69, 9.17) is 5.73 Å². The molecule has 2 N–H and O–H groups in total. The van der Waals surface area contributed by atoms with Crippen molar-refractivity contribution in [2.75, 3.05) is 7.11 Å². The molecule has 3 fully saturated rings. The van der Waals surface area contributed by atoms with Crippen molar-refractivity contribution in [3.8, 4) is 0 Å². The molecule has 0 aromatic rings. The summed E-state index contributed by atoms with van der Waals surface area (Å²) < 4.78 is 29.4. The van der Waals surface area contributed by atoms with Gasteiger partial charge in [0.1, 0.15) is 6.04 Å². The maximum absolute atomic E-state index is 12.5. The maximum Gasteiger partial charge on any atom is 0.323 e. The highest BCUT2D eigenvalue weighted by Gasteiger charge is 2.74. The average molecular weight is 205 g/mol. The molecule has 0 radical (unpaired) electrons. The summed E-state index contributed by atoms with van der Waals surface area (Å²) in [5.74, 6) is -0.493. The molecule has 0 heterocycles. The highest BCUT2D eigenvalue weighted by Crippen LogP contribution is 2.76. The summed E-state index contributed by atoms with van der Waals surface area (Å²) in [6, 6.07) is -0.729. The van der Waals surface area contributed by atoms with E-state index in [0.717, 1.165) is 0 Å². The molecule has 0 aromatic heterocycles. The number of nitrogens with two attached hydrogens (primary N) is 1. The molecule has 1 atom stereocenters. The average Bonchev–Trinajstić information content (AvgIpc) is 1.96. The highest BCUT2D eigenvalue weighted by molar-refractivity contribution is 5.77. The van der Waals surface area contributed by atoms with Crippen LogP contribution in [-0.4, -0.2) is 25.5 Å². The van der Waals surface area contributed by atoms with Crippen LogP contribution in [0.5, 0.6) is 0 Å². The van der Waals surface area contributed by atoms with Gasteiger partial charge in [-0.3, -0.25) is 4.79 Å². The Hall–Kier alpha value is -0.710. The summed E-state index contributed by atoms with van der Waals surface area (Å²) in [6.07, 6.45) is -1.18. The lowest BCUT2D eigenvalue weighted by molar-refractivity contribution is -0.274. The van der Waals surface area contributed by atoms with Crippen LogP contribution < -0.4 is 5.73 Å². The third-order valence-corrected chi connectivity index (χ3v) is 3.69. The van der Waals surface area contributed by atoms with Gasteiger partial charge in [-0.2, -0.15) is 0 Å². The second-order valence-electron chi connectivity index (χ2n) is 4.56. The van der Waals surface area contributed by atoms with Gasteiger partial charge in [0.2, 0.25) is 6.43 Å². The van der Waals surface area contributed by atoms with Crippen LogP contribution >= 0.6 is 0 Å². The number of ether oxygens (including phenoxy) is 1. The number of esters is 1. The van der Waals surface area contributed by atoms with Crippen LogP contribution in [0.4, 0.5) is 8.78 Å². The molecule has 0 saturated heterocycles. The molecule has 0 aliphatic heterocycles. The van der Waals surface area contributed by atoms with Crippen LogP contribution in [0.15, 0.2) is 0 Å². The van der Waals surface area contributed by atoms with Crippen LogP contribution in [0, 0.1) is 10.8 Å². The minimum Gasteiger partial charge on any atom is -0.468 e. The van der Waals surface area contributed by atoms with Gasteiger partial charge in [0, 0.05) is 5.41 Å². The summed E-state index contributed by atoms with van der Waals surface area (Å²) in [6.45, 7) is 0. The maximum atomic E-state index is 12.5. The zero-order valence-corrected chi connectivity index (χ0v) is 7.93. The highest BCUT2D eigenvalue weighted by atomic mass is 19.3. The van der Waals surface area contributed by atoms with E-state index >= 15 is 0 Å². The Morgan fingerprint density at radius 3 is 2.21 bits per heavy atom. The molecule has 80 valence electrons. The minimum atomic E-state index is -2.28. The fourth-order valence-electron chi connectivity index (χ4n) is 2.89. The molecule has 0 amide bonds. The lowest BCUT2D eigenvalue weighted by atomic mass is 9.33. The van der Waals surface area contributed by atoms with Crippen molar-refractivity contribution < 1.29 is 18.3 Å². The first-order valence-corrected chi connectivity index (χ1v) is 4.57. The standard InChI is InChI=1S/C9H13F2NO2/c1-14-6(13)5(12)8-2-9(3-8,4-8)7(10)11/h5,7H,2-4,12H2,1H3. The van der Waals surface area contributed by atoms with E-state index in [1.165, 1.54) is 7.11 Å². The van der Waals surface area contributed by atoms with Crippen molar-refractivity contribution in [1.29, 1.82) is 0 Å². The third-order valence-electron chi connectivity index (χ3n) is 3.69. The Bertz CT molecular complexity index is 260. The van der Waals surface area contributed by atoms with E-state index in [-0.39, 0.29) is 5.41 Å². The van der Waals surface area contributed by atoms with E-state index in [9.17, 15) is 13.6 Å². The van der Waals surface area contributed by atoms with Gasteiger partial charge >= 0.3 is 5.97 Å². The minimum absolute atomic E-state index is 0.369. The van der Waals surface area contributed by atoms with Crippen molar-refractivity contribution in [2.45, 2.75) is 31.7 Å². The van der Waals surface area contributed by atoms with Crippen LogP contribution in [0.25, 0.3) is 0 Å². The van der Waals surface area contributed by atoms with Crippen LogP contribution in [0.2, 0.25) is 0 Å². The van der Waals surface area contributed by atoms with Crippen molar-refractivity contribution in [3.63, 3.8) is 0 Å². The molecular formula is C9H13F2NO2. The molecule has 3 aliphatic carbocycles. The van der Waals surface area contributed by atoms with E-state index in [0.29, 0.717) is 19.3 Å². The number of carbonyl (C=O) groups is 1. The second-order valence-corrected chi connectivity index (χ2v) is 4.56. The van der Waals surface area contributed by atoms with E-state index in [1.807, 2.05) is 0 Å². The Morgan fingerprint density at radius 1 is 1.36 bits per heavy atom. The Morgan fingerprint density at radius 2 is 1.86 bits per heavy atom. The van der Waals surface area contributed by atoms with Gasteiger partial charge in [0.15, 0.2) is 0 Å². The molecule has 2 bridgehead atoms. The topological polar surface area (TPSA) is 52.3 Å². The first-order valence-electron chi connectivity index (χ1n) is 4.57. The molecule has 3 nitrogen and oxygen atoms in total. The first kappa shape index (κ1) is 9.83. The van der Waals surface area contributed by atoms with Gasteiger partial charge in [0.25, 0.3) is 0 Å². The normalized spacial score (nSPS) is 41.2. The third kappa shape index (κ3) is 0.960. The molecule has 5 heteroatoms. The van der Waals surface area contributed by atoms with E-state index < -0.39 is 23.9 Å². The van der Waals surface area contributed by atoms with Crippen LogP contribution in [-0.2, 0) is 9.53 Å². The lowest BCUT2D eigenvalue weighted by Gasteiger charge is -2.71. The largest absolute Gasteiger partial charge is 0.468 e. The number of rotatable bonds is 3. The van der Waals surface area contributed by atoms with E-state index in [1.54, 1.807) is 0 Å². The first-order chi connectivity index (χ1) is 6.46. The number of alkyl halides is 2. The monoisotopic (exact) mass is 205 g/mol. The zero-order chi connectivity index (χ0) is 10.6. The Kier molecular flexibility index (Phi) is 1.86. The molecule has 0 aromatic carbocycles. The molecule has 3 rings (SSSR count). The van der Waals surface area contributed by atoms with Gasteiger partial charge in [-0.15, -0.1) is 0 Å². The van der Waals surface area contributed by atoms with Crippen LogP contribution in [0.3, 0.4) is 0 Å². The molecule has 0 spiro atoms. The summed E-state index contributed by atoms with van der Waals surface area (Å²) in [7, 11) is 1.26. The summed E-state index contributed by atoms with van der Waals surface area (Å²) >= 11 is 0. The zero-order valence-electron chi connectivity index (χ0n) is 7.93. The molecule has 14 heavy (non-hydrogen) atoms. The second kappa shape index (κ2) is 2.66. The molecule has 3 saturated carbocycles. The van der Waals surface area contributed by atoms with Crippen molar-refractivity contribution in [3.05, 3.63) is 0 Å². The Balaban J connectivity index is 1.97. The number of hydrogen-bond acceptors (Lipinski definition) is 3. The van der Waals surface area contributed by atoms with Gasteiger partial charge in [-0.05, 0) is 24.7 Å². The van der Waals surface area contributed by atoms with Crippen molar-refractivity contribution >= 4 is 5.97 Å². The number of halogens is 2. The van der Waals surface area contributed by atoms with Crippen molar-refractivity contribution in [2.24, 2.45) is 16.6 Å². The van der Waals surface area contributed by atoms with Gasteiger partial charge in [-0.1, -0.05) is 0 Å². The lowest BCUT2D eigenvalue weighted by Crippen LogP contribution is -2.72. The SMILES string of the molecule is COC(=O)C(N)C12CC(C(F)F)(C1)C2. The fraction of sp³-hybridized carbons (Fsp3) is 0.889. The predicted octanol–water partition coefficient (Wildman–Crippen LogP) is 0.922. The number of hydrogen-bond donors (Lipinski definition) is 1. The van der Waals surface area contributed by atoms with Gasteiger partial charge < -0.3 is 10.5 Å². The predicted molar refractivity (Wildman–Crippen MR) is 44.7 cm³/mol. The van der Waals surface area contributed by atoms with Gasteiger partial charge in [-0.25, -0.2) is 8.78 Å². The quantitative estimate of drug-likeness (QED) is 0.697. The smallest absolute Gasteiger partial charge is 0.323 e. The molecule has 3 aliphatic rings. The van der Waals surface area contributed by atoms with Crippen molar-refractivity contribution in [1.82, 2.24) is 0 Å². The summed E-state index contributed by atoms with van der Waals surface area (Å²) in [5.41, 5.74) is 4.43.